The van der Waals surface area contributed by atoms with Crippen LogP contribution in [0.4, 0.5) is 0 Å². The highest BCUT2D eigenvalue weighted by Crippen LogP contribution is 2.51. The molecule has 0 amide bonds. The van der Waals surface area contributed by atoms with Crippen molar-refractivity contribution >= 4 is 5.78 Å². The molecule has 1 saturated heterocycles. The Morgan fingerprint density at radius 1 is 1.28 bits per heavy atom. The van der Waals surface area contributed by atoms with Crippen molar-refractivity contribution in [1.29, 1.82) is 0 Å². The Morgan fingerprint density at radius 2 is 2.17 bits per heavy atom. The zero-order chi connectivity index (χ0) is 12.2. The van der Waals surface area contributed by atoms with Crippen molar-refractivity contribution in [3.63, 3.8) is 0 Å². The van der Waals surface area contributed by atoms with E-state index in [-0.39, 0.29) is 5.41 Å². The Labute approximate surface area is 108 Å². The summed E-state index contributed by atoms with van der Waals surface area (Å²) >= 11 is 0. The molecule has 3 atom stereocenters. The van der Waals surface area contributed by atoms with Gasteiger partial charge < -0.3 is 5.32 Å². The highest BCUT2D eigenvalue weighted by atomic mass is 16.1. The SMILES string of the molecule is O=C1CCC[C@H]2[C@H]3Cc4ccccc4[C@@]12CCN3. The van der Waals surface area contributed by atoms with E-state index in [4.69, 9.17) is 0 Å². The Morgan fingerprint density at radius 3 is 3.11 bits per heavy atom. The molecule has 3 aliphatic rings. The smallest absolute Gasteiger partial charge is 0.143 e. The summed E-state index contributed by atoms with van der Waals surface area (Å²) in [5, 5.41) is 3.65. The van der Waals surface area contributed by atoms with Crippen LogP contribution in [0.15, 0.2) is 24.3 Å². The number of carbonyl (C=O) groups excluding carboxylic acids is 1. The first-order valence-corrected chi connectivity index (χ1v) is 7.17. The monoisotopic (exact) mass is 241 g/mol. The van der Waals surface area contributed by atoms with E-state index >= 15 is 0 Å². The summed E-state index contributed by atoms with van der Waals surface area (Å²) in [4.78, 5) is 12.7. The predicted octanol–water partition coefficient (Wildman–Crippen LogP) is 2.21. The molecule has 2 bridgehead atoms. The van der Waals surface area contributed by atoms with Gasteiger partial charge in [0.05, 0.1) is 5.41 Å². The van der Waals surface area contributed by atoms with E-state index in [0.29, 0.717) is 17.7 Å². The third-order valence-corrected chi connectivity index (χ3v) is 5.40. The van der Waals surface area contributed by atoms with Crippen LogP contribution in [0.5, 0.6) is 0 Å². The van der Waals surface area contributed by atoms with Gasteiger partial charge in [-0.2, -0.15) is 0 Å². The second-order valence-corrected chi connectivity index (χ2v) is 6.07. The quantitative estimate of drug-likeness (QED) is 0.754. The number of nitrogens with one attached hydrogen (secondary N) is 1. The van der Waals surface area contributed by atoms with Crippen LogP contribution in [-0.4, -0.2) is 18.4 Å². The van der Waals surface area contributed by atoms with E-state index in [2.05, 4.69) is 29.6 Å². The fourth-order valence-electron chi connectivity index (χ4n) is 4.69. The molecule has 2 fully saturated rings. The molecule has 2 aliphatic carbocycles. The Balaban J connectivity index is 1.96. The number of hydrogen-bond donors (Lipinski definition) is 1. The molecule has 18 heavy (non-hydrogen) atoms. The Hall–Kier alpha value is -1.15. The number of ketones is 1. The first-order valence-electron chi connectivity index (χ1n) is 7.17. The summed E-state index contributed by atoms with van der Waals surface area (Å²) in [6.45, 7) is 1.00. The third-order valence-electron chi connectivity index (χ3n) is 5.40. The topological polar surface area (TPSA) is 29.1 Å². The molecule has 1 aromatic carbocycles. The van der Waals surface area contributed by atoms with Crippen molar-refractivity contribution in [2.45, 2.75) is 43.6 Å². The highest BCUT2D eigenvalue weighted by Gasteiger charge is 2.55. The first-order chi connectivity index (χ1) is 8.82. The standard InChI is InChI=1S/C16H19NO/c18-15-7-3-6-13-14-10-11-4-1-2-5-12(11)16(13,15)8-9-17-14/h1-2,4-5,13-14,17H,3,6-10H2/t13-,14+,16+/m0/s1. The van der Waals surface area contributed by atoms with Gasteiger partial charge in [0, 0.05) is 12.5 Å². The van der Waals surface area contributed by atoms with Crippen LogP contribution in [0.1, 0.15) is 36.8 Å². The van der Waals surface area contributed by atoms with Crippen LogP contribution in [0.25, 0.3) is 0 Å². The largest absolute Gasteiger partial charge is 0.313 e. The van der Waals surface area contributed by atoms with Gasteiger partial charge in [0.1, 0.15) is 5.78 Å². The van der Waals surface area contributed by atoms with E-state index in [9.17, 15) is 4.79 Å². The van der Waals surface area contributed by atoms with Crippen molar-refractivity contribution < 1.29 is 4.79 Å². The molecule has 1 aliphatic heterocycles. The number of Topliss-reactive ketones (excluding diaryl/α,β-unsaturated/α-hetero) is 1. The van der Waals surface area contributed by atoms with Gasteiger partial charge in [0.2, 0.25) is 0 Å². The number of fused-ring (bicyclic) bond motifs is 1. The average molecular weight is 241 g/mol. The van der Waals surface area contributed by atoms with E-state index in [1.54, 1.807) is 0 Å². The van der Waals surface area contributed by atoms with Gasteiger partial charge in [-0.1, -0.05) is 24.3 Å². The fraction of sp³-hybridized carbons (Fsp3) is 0.562. The van der Waals surface area contributed by atoms with Gasteiger partial charge in [-0.3, -0.25) is 4.79 Å². The minimum atomic E-state index is -0.136. The molecule has 1 aromatic rings. The zero-order valence-electron chi connectivity index (χ0n) is 10.6. The summed E-state index contributed by atoms with van der Waals surface area (Å²) in [6.07, 6.45) is 5.21. The second kappa shape index (κ2) is 3.67. The number of benzene rings is 1. The van der Waals surface area contributed by atoms with E-state index in [1.165, 1.54) is 17.5 Å². The summed E-state index contributed by atoms with van der Waals surface area (Å²) in [6, 6.07) is 9.17. The lowest BCUT2D eigenvalue weighted by atomic mass is 9.52. The minimum Gasteiger partial charge on any atom is -0.313 e. The first kappa shape index (κ1) is 10.7. The Bertz CT molecular complexity index is 510. The molecule has 1 heterocycles. The molecule has 2 nitrogen and oxygen atoms in total. The van der Waals surface area contributed by atoms with Crippen LogP contribution in [0.2, 0.25) is 0 Å². The highest BCUT2D eigenvalue weighted by molar-refractivity contribution is 5.92. The molecule has 0 radical (unpaired) electrons. The summed E-state index contributed by atoms with van der Waals surface area (Å²) < 4.78 is 0. The lowest BCUT2D eigenvalue weighted by Crippen LogP contribution is -2.62. The number of hydrogen-bond acceptors (Lipinski definition) is 2. The molecule has 1 N–H and O–H groups in total. The summed E-state index contributed by atoms with van der Waals surface area (Å²) in [5.74, 6) is 1.06. The third kappa shape index (κ3) is 1.19. The van der Waals surface area contributed by atoms with Gasteiger partial charge in [0.25, 0.3) is 0 Å². The molecule has 94 valence electrons. The minimum absolute atomic E-state index is 0.136. The van der Waals surface area contributed by atoms with Gasteiger partial charge >= 0.3 is 0 Å². The van der Waals surface area contributed by atoms with Gasteiger partial charge in [0.15, 0.2) is 0 Å². The lowest BCUT2D eigenvalue weighted by Gasteiger charge is -2.54. The van der Waals surface area contributed by atoms with Gasteiger partial charge in [-0.05, 0) is 49.3 Å². The molecule has 0 unspecified atom stereocenters. The molecule has 0 spiro atoms. The fourth-order valence-corrected chi connectivity index (χ4v) is 4.69. The number of rotatable bonds is 0. The van der Waals surface area contributed by atoms with E-state index in [0.717, 1.165) is 32.2 Å². The van der Waals surface area contributed by atoms with Crippen LogP contribution in [0.3, 0.4) is 0 Å². The van der Waals surface area contributed by atoms with Crippen molar-refractivity contribution in [2.24, 2.45) is 5.92 Å². The zero-order valence-corrected chi connectivity index (χ0v) is 10.6. The second-order valence-electron chi connectivity index (χ2n) is 6.07. The molecule has 0 aromatic heterocycles. The van der Waals surface area contributed by atoms with Gasteiger partial charge in [-0.15, -0.1) is 0 Å². The summed E-state index contributed by atoms with van der Waals surface area (Å²) in [5.41, 5.74) is 2.63. The molecular formula is C16H19NO. The normalized spacial score (nSPS) is 37.9. The number of carbonyl (C=O) groups is 1. The summed E-state index contributed by atoms with van der Waals surface area (Å²) in [7, 11) is 0. The van der Waals surface area contributed by atoms with Crippen molar-refractivity contribution in [3.8, 4) is 0 Å². The lowest BCUT2D eigenvalue weighted by molar-refractivity contribution is -0.132. The maximum atomic E-state index is 12.7. The predicted molar refractivity (Wildman–Crippen MR) is 70.6 cm³/mol. The van der Waals surface area contributed by atoms with Crippen molar-refractivity contribution in [1.82, 2.24) is 5.32 Å². The van der Waals surface area contributed by atoms with E-state index in [1.807, 2.05) is 0 Å². The maximum absolute atomic E-state index is 12.7. The van der Waals surface area contributed by atoms with Gasteiger partial charge in [-0.25, -0.2) is 0 Å². The molecule has 2 heteroatoms. The maximum Gasteiger partial charge on any atom is 0.143 e. The Kier molecular flexibility index (Phi) is 2.19. The van der Waals surface area contributed by atoms with Crippen LogP contribution in [0, 0.1) is 5.92 Å². The molecule has 1 saturated carbocycles. The van der Waals surface area contributed by atoms with Crippen LogP contribution >= 0.6 is 0 Å². The molecular weight excluding hydrogens is 222 g/mol. The molecule has 4 rings (SSSR count). The number of piperidine rings is 1. The van der Waals surface area contributed by atoms with E-state index < -0.39 is 0 Å². The van der Waals surface area contributed by atoms with Crippen LogP contribution < -0.4 is 5.32 Å². The average Bonchev–Trinajstić information content (AvgIpc) is 2.39. The van der Waals surface area contributed by atoms with Crippen molar-refractivity contribution in [2.75, 3.05) is 6.54 Å². The van der Waals surface area contributed by atoms with Crippen molar-refractivity contribution in [3.05, 3.63) is 35.4 Å². The van der Waals surface area contributed by atoms with Crippen LogP contribution in [-0.2, 0) is 16.6 Å².